The molecule has 0 unspecified atom stereocenters. The number of para-hydroxylation sites is 1. The van der Waals surface area contributed by atoms with Gasteiger partial charge in [-0.2, -0.15) is 0 Å². The molecule has 2 nitrogen and oxygen atoms in total. The fourth-order valence-electron chi connectivity index (χ4n) is 1.93. The summed E-state index contributed by atoms with van der Waals surface area (Å²) in [5, 5.41) is 0. The fraction of sp³-hybridized carbons (Fsp3) is 0. The Morgan fingerprint density at radius 3 is 2.15 bits per heavy atom. The van der Waals surface area contributed by atoms with E-state index in [9.17, 15) is 4.39 Å². The predicted molar refractivity (Wildman–Crippen MR) is 76.1 cm³/mol. The molecule has 0 radical (unpaired) electrons. The Kier molecular flexibility index (Phi) is 3.42. The van der Waals surface area contributed by atoms with E-state index in [0.29, 0.717) is 11.4 Å². The van der Waals surface area contributed by atoms with Gasteiger partial charge in [0.05, 0.1) is 0 Å². The van der Waals surface area contributed by atoms with Gasteiger partial charge in [-0.1, -0.05) is 48.5 Å². The zero-order chi connectivity index (χ0) is 13.8. The number of ether oxygens (including phenoxy) is 1. The molecule has 0 spiro atoms. The van der Waals surface area contributed by atoms with Crippen molar-refractivity contribution in [2.75, 3.05) is 0 Å². The number of pyridine rings is 1. The first kappa shape index (κ1) is 12.4. The molecule has 2 aromatic carbocycles. The summed E-state index contributed by atoms with van der Waals surface area (Å²) in [5.41, 5.74) is 1.31. The number of hydrogen-bond acceptors (Lipinski definition) is 2. The Bertz CT molecular complexity index is 699. The molecular weight excluding hydrogens is 253 g/mol. The van der Waals surface area contributed by atoms with Crippen molar-refractivity contribution in [3.63, 3.8) is 0 Å². The lowest BCUT2D eigenvalue weighted by Crippen LogP contribution is -1.94. The molecule has 0 fully saturated rings. The summed E-state index contributed by atoms with van der Waals surface area (Å²) in [5.74, 6) is 0.296. The van der Waals surface area contributed by atoms with E-state index in [0.717, 1.165) is 5.56 Å². The zero-order valence-corrected chi connectivity index (χ0v) is 10.7. The van der Waals surface area contributed by atoms with Crippen LogP contribution in [0.3, 0.4) is 0 Å². The maximum atomic E-state index is 14.1. The van der Waals surface area contributed by atoms with E-state index < -0.39 is 5.82 Å². The molecule has 20 heavy (non-hydrogen) atoms. The molecule has 1 heterocycles. The van der Waals surface area contributed by atoms with Crippen LogP contribution in [0.1, 0.15) is 0 Å². The summed E-state index contributed by atoms with van der Waals surface area (Å²) in [6.07, 6.45) is 1.44. The Hall–Kier alpha value is -2.68. The van der Waals surface area contributed by atoms with Gasteiger partial charge in [-0.25, -0.2) is 4.39 Å². The van der Waals surface area contributed by atoms with Crippen LogP contribution in [0, 0.1) is 5.82 Å². The molecule has 0 saturated carbocycles. The van der Waals surface area contributed by atoms with Crippen molar-refractivity contribution in [1.29, 1.82) is 0 Å². The van der Waals surface area contributed by atoms with E-state index in [-0.39, 0.29) is 5.75 Å². The third-order valence-electron chi connectivity index (χ3n) is 2.87. The van der Waals surface area contributed by atoms with Gasteiger partial charge in [-0.15, -0.1) is 0 Å². The Morgan fingerprint density at radius 2 is 1.45 bits per heavy atom. The molecule has 3 rings (SSSR count). The third kappa shape index (κ3) is 2.52. The van der Waals surface area contributed by atoms with Crippen LogP contribution in [-0.2, 0) is 0 Å². The van der Waals surface area contributed by atoms with Crippen molar-refractivity contribution in [3.8, 4) is 22.8 Å². The number of halogens is 1. The summed E-state index contributed by atoms with van der Waals surface area (Å²) in [4.78, 5) is 4.24. The van der Waals surface area contributed by atoms with Gasteiger partial charge in [0.1, 0.15) is 11.4 Å². The van der Waals surface area contributed by atoms with Crippen LogP contribution in [0.2, 0.25) is 0 Å². The minimum atomic E-state index is -0.428. The predicted octanol–water partition coefficient (Wildman–Crippen LogP) is 4.68. The second kappa shape index (κ2) is 5.53. The minimum Gasteiger partial charge on any atom is -0.452 e. The number of rotatable bonds is 3. The van der Waals surface area contributed by atoms with Crippen LogP contribution >= 0.6 is 0 Å². The van der Waals surface area contributed by atoms with Gasteiger partial charge >= 0.3 is 0 Å². The van der Waals surface area contributed by atoms with Crippen LogP contribution in [0.5, 0.6) is 11.5 Å². The third-order valence-corrected chi connectivity index (χ3v) is 2.87. The van der Waals surface area contributed by atoms with Gasteiger partial charge in [0.15, 0.2) is 11.6 Å². The molecule has 1 aromatic heterocycles. The van der Waals surface area contributed by atoms with Crippen LogP contribution in [0.25, 0.3) is 11.3 Å². The Labute approximate surface area is 116 Å². The highest BCUT2D eigenvalue weighted by Gasteiger charge is 2.13. The lowest BCUT2D eigenvalue weighted by molar-refractivity contribution is 0.441. The topological polar surface area (TPSA) is 22.1 Å². The molecule has 0 amide bonds. The number of benzene rings is 2. The van der Waals surface area contributed by atoms with Gasteiger partial charge in [0.2, 0.25) is 0 Å². The summed E-state index contributed by atoms with van der Waals surface area (Å²) in [7, 11) is 0. The van der Waals surface area contributed by atoms with E-state index in [2.05, 4.69) is 4.98 Å². The molecule has 0 aliphatic rings. The van der Waals surface area contributed by atoms with Gasteiger partial charge in [0, 0.05) is 11.8 Å². The van der Waals surface area contributed by atoms with Gasteiger partial charge in [-0.05, 0) is 18.2 Å². The molecular formula is C17H12FNO. The SMILES string of the molecule is Fc1ccnc(-c2ccccc2)c1Oc1ccccc1. The van der Waals surface area contributed by atoms with Crippen molar-refractivity contribution in [2.45, 2.75) is 0 Å². The highest BCUT2D eigenvalue weighted by Crippen LogP contribution is 2.33. The second-order valence-electron chi connectivity index (χ2n) is 4.25. The average molecular weight is 265 g/mol. The second-order valence-corrected chi connectivity index (χ2v) is 4.25. The molecule has 0 saturated heterocycles. The Balaban J connectivity index is 2.06. The van der Waals surface area contributed by atoms with Crippen molar-refractivity contribution < 1.29 is 9.13 Å². The first-order valence-electron chi connectivity index (χ1n) is 6.27. The number of aromatic nitrogens is 1. The van der Waals surface area contributed by atoms with Crippen molar-refractivity contribution in [3.05, 3.63) is 78.7 Å². The largest absolute Gasteiger partial charge is 0.452 e. The Morgan fingerprint density at radius 1 is 0.800 bits per heavy atom. The van der Waals surface area contributed by atoms with E-state index in [1.54, 1.807) is 12.1 Å². The lowest BCUT2D eigenvalue weighted by atomic mass is 10.1. The first-order chi connectivity index (χ1) is 9.84. The fourth-order valence-corrected chi connectivity index (χ4v) is 1.93. The van der Waals surface area contributed by atoms with Crippen LogP contribution in [0.15, 0.2) is 72.9 Å². The van der Waals surface area contributed by atoms with E-state index in [1.807, 2.05) is 48.5 Å². The van der Waals surface area contributed by atoms with Gasteiger partial charge < -0.3 is 4.74 Å². The quantitative estimate of drug-likeness (QED) is 0.686. The average Bonchev–Trinajstić information content (AvgIpc) is 2.51. The van der Waals surface area contributed by atoms with Crippen molar-refractivity contribution in [2.24, 2.45) is 0 Å². The normalized spacial score (nSPS) is 10.2. The minimum absolute atomic E-state index is 0.143. The van der Waals surface area contributed by atoms with E-state index in [1.165, 1.54) is 12.3 Å². The molecule has 98 valence electrons. The molecule has 0 N–H and O–H groups in total. The smallest absolute Gasteiger partial charge is 0.189 e. The molecule has 0 aliphatic carbocycles. The lowest BCUT2D eigenvalue weighted by Gasteiger charge is -2.11. The van der Waals surface area contributed by atoms with Gasteiger partial charge in [-0.3, -0.25) is 4.98 Å². The molecule has 3 heteroatoms. The summed E-state index contributed by atoms with van der Waals surface area (Å²) in [6.45, 7) is 0. The molecule has 0 aliphatic heterocycles. The van der Waals surface area contributed by atoms with Gasteiger partial charge in [0.25, 0.3) is 0 Å². The van der Waals surface area contributed by atoms with Crippen molar-refractivity contribution in [1.82, 2.24) is 4.98 Å². The summed E-state index contributed by atoms with van der Waals surface area (Å²) < 4.78 is 19.7. The maximum absolute atomic E-state index is 14.1. The first-order valence-corrected chi connectivity index (χ1v) is 6.27. The molecule has 0 bridgehead atoms. The number of hydrogen-bond donors (Lipinski definition) is 0. The highest BCUT2D eigenvalue weighted by molar-refractivity contribution is 5.66. The van der Waals surface area contributed by atoms with Crippen LogP contribution in [0.4, 0.5) is 4.39 Å². The van der Waals surface area contributed by atoms with E-state index >= 15 is 0 Å². The van der Waals surface area contributed by atoms with E-state index in [4.69, 9.17) is 4.74 Å². The van der Waals surface area contributed by atoms with Crippen molar-refractivity contribution >= 4 is 0 Å². The van der Waals surface area contributed by atoms with Crippen LogP contribution < -0.4 is 4.74 Å². The standard InChI is InChI=1S/C17H12FNO/c18-15-11-12-19-16(13-7-3-1-4-8-13)17(15)20-14-9-5-2-6-10-14/h1-12H. The monoisotopic (exact) mass is 265 g/mol. The van der Waals surface area contributed by atoms with Crippen LogP contribution in [-0.4, -0.2) is 4.98 Å². The summed E-state index contributed by atoms with van der Waals surface area (Å²) >= 11 is 0. The number of nitrogens with zero attached hydrogens (tertiary/aromatic N) is 1. The molecule has 3 aromatic rings. The highest BCUT2D eigenvalue weighted by atomic mass is 19.1. The summed E-state index contributed by atoms with van der Waals surface area (Å²) in [6, 6.07) is 19.8. The molecule has 0 atom stereocenters. The zero-order valence-electron chi connectivity index (χ0n) is 10.7. The maximum Gasteiger partial charge on any atom is 0.189 e.